The molecule has 1 aliphatic heterocycles. The van der Waals surface area contributed by atoms with Crippen LogP contribution in [0.2, 0.25) is 0 Å². The van der Waals surface area contributed by atoms with E-state index < -0.39 is 4.92 Å². The summed E-state index contributed by atoms with van der Waals surface area (Å²) in [5.74, 6) is 0.141. The molecule has 1 amide bonds. The van der Waals surface area contributed by atoms with Gasteiger partial charge in [-0.15, -0.1) is 0 Å². The first-order valence-corrected chi connectivity index (χ1v) is 8.74. The van der Waals surface area contributed by atoms with E-state index in [1.54, 1.807) is 13.2 Å². The van der Waals surface area contributed by atoms with Crippen LogP contribution in [0, 0.1) is 17.0 Å². The second-order valence-corrected chi connectivity index (χ2v) is 6.37. The first kappa shape index (κ1) is 18.6. The minimum absolute atomic E-state index is 0.0420. The molecule has 0 aliphatic carbocycles. The highest BCUT2D eigenvalue weighted by Gasteiger charge is 2.21. The third kappa shape index (κ3) is 3.97. The van der Waals surface area contributed by atoms with Crippen LogP contribution in [0.4, 0.5) is 5.69 Å². The number of aryl methyl sites for hydroxylation is 2. The molecule has 27 heavy (non-hydrogen) atoms. The zero-order chi connectivity index (χ0) is 19.4. The molecular formula is C20H21N3O4. The molecule has 0 fully saturated rings. The van der Waals surface area contributed by atoms with Crippen LogP contribution in [-0.4, -0.2) is 22.9 Å². The van der Waals surface area contributed by atoms with Crippen molar-refractivity contribution in [3.05, 3.63) is 74.5 Å². The first-order valence-electron chi connectivity index (χ1n) is 8.74. The lowest BCUT2D eigenvalue weighted by molar-refractivity contribution is -0.385. The number of nitro groups is 1. The van der Waals surface area contributed by atoms with Crippen molar-refractivity contribution in [1.29, 1.82) is 0 Å². The number of nitrogens with one attached hydrogen (secondary N) is 1. The summed E-state index contributed by atoms with van der Waals surface area (Å²) in [6.45, 7) is 2.15. The molecule has 0 atom stereocenters. The Labute approximate surface area is 157 Å². The fourth-order valence-corrected chi connectivity index (χ4v) is 3.31. The Morgan fingerprint density at radius 3 is 2.81 bits per heavy atom. The van der Waals surface area contributed by atoms with Gasteiger partial charge in [0.15, 0.2) is 0 Å². The molecule has 0 saturated heterocycles. The van der Waals surface area contributed by atoms with Crippen LogP contribution in [0.5, 0.6) is 5.88 Å². The largest absolute Gasteiger partial charge is 0.481 e. The maximum Gasteiger partial charge on any atom is 0.273 e. The van der Waals surface area contributed by atoms with Crippen molar-refractivity contribution in [1.82, 2.24) is 10.3 Å². The van der Waals surface area contributed by atoms with Gasteiger partial charge in [-0.05, 0) is 43.9 Å². The molecule has 7 nitrogen and oxygen atoms in total. The summed E-state index contributed by atoms with van der Waals surface area (Å²) in [7, 11) is 1.55. The van der Waals surface area contributed by atoms with Crippen LogP contribution >= 0.6 is 0 Å². The molecule has 1 aromatic carbocycles. The van der Waals surface area contributed by atoms with Gasteiger partial charge in [0.05, 0.1) is 12.0 Å². The van der Waals surface area contributed by atoms with Gasteiger partial charge in [-0.25, -0.2) is 4.98 Å². The molecule has 0 unspecified atom stereocenters. The fraction of sp³-hybridized carbons (Fsp3) is 0.300. The number of carbonyl (C=O) groups is 1. The molecular weight excluding hydrogens is 346 g/mol. The lowest BCUT2D eigenvalue weighted by atomic mass is 9.98. The number of ether oxygens (including phenoxy) is 1. The molecule has 0 radical (unpaired) electrons. The number of benzene rings is 1. The van der Waals surface area contributed by atoms with Gasteiger partial charge < -0.3 is 10.1 Å². The molecule has 0 spiro atoms. The maximum absolute atomic E-state index is 12.8. The molecule has 1 aliphatic rings. The molecule has 2 aromatic rings. The summed E-state index contributed by atoms with van der Waals surface area (Å²) in [5.41, 5.74) is 3.45. The van der Waals surface area contributed by atoms with Gasteiger partial charge in [-0.1, -0.05) is 18.2 Å². The van der Waals surface area contributed by atoms with E-state index in [4.69, 9.17) is 4.74 Å². The molecule has 2 heterocycles. The number of hydrogen-bond acceptors (Lipinski definition) is 5. The summed E-state index contributed by atoms with van der Waals surface area (Å²) in [6, 6.07) is 6.58. The van der Waals surface area contributed by atoms with Crippen molar-refractivity contribution in [2.24, 2.45) is 0 Å². The summed E-state index contributed by atoms with van der Waals surface area (Å²) >= 11 is 0. The maximum atomic E-state index is 12.8. The van der Waals surface area contributed by atoms with E-state index in [2.05, 4.69) is 10.3 Å². The number of amides is 1. The number of allylic oxidation sites excluding steroid dienone is 2. The average molecular weight is 367 g/mol. The highest BCUT2D eigenvalue weighted by atomic mass is 16.6. The van der Waals surface area contributed by atoms with E-state index in [1.807, 2.05) is 25.1 Å². The Kier molecular flexibility index (Phi) is 5.49. The third-order valence-electron chi connectivity index (χ3n) is 4.59. The van der Waals surface area contributed by atoms with Gasteiger partial charge in [0.1, 0.15) is 0 Å². The van der Waals surface area contributed by atoms with Gasteiger partial charge >= 0.3 is 0 Å². The van der Waals surface area contributed by atoms with E-state index in [9.17, 15) is 14.9 Å². The molecule has 7 heteroatoms. The molecule has 1 N–H and O–H groups in total. The van der Waals surface area contributed by atoms with Gasteiger partial charge in [-0.2, -0.15) is 0 Å². The van der Waals surface area contributed by atoms with Crippen LogP contribution in [0.3, 0.4) is 0 Å². The third-order valence-corrected chi connectivity index (χ3v) is 4.59. The average Bonchev–Trinajstić information content (AvgIpc) is 2.64. The van der Waals surface area contributed by atoms with Crippen LogP contribution in [0.25, 0.3) is 0 Å². The van der Waals surface area contributed by atoms with Gasteiger partial charge in [0, 0.05) is 35.0 Å². The number of nitrogens with zero attached hydrogens (tertiary/aromatic N) is 2. The number of nitro benzene ring substituents is 1. The highest BCUT2D eigenvalue weighted by molar-refractivity contribution is 5.96. The molecule has 0 bridgehead atoms. The van der Waals surface area contributed by atoms with Gasteiger partial charge in [0.25, 0.3) is 11.6 Å². The second kappa shape index (κ2) is 7.99. The van der Waals surface area contributed by atoms with Gasteiger partial charge in [0.2, 0.25) is 5.88 Å². The second-order valence-electron chi connectivity index (χ2n) is 6.37. The Morgan fingerprint density at radius 1 is 1.26 bits per heavy atom. The summed E-state index contributed by atoms with van der Waals surface area (Å²) < 4.78 is 5.40. The molecule has 1 aromatic heterocycles. The summed E-state index contributed by atoms with van der Waals surface area (Å²) in [4.78, 5) is 28.1. The fourth-order valence-electron chi connectivity index (χ4n) is 3.31. The van der Waals surface area contributed by atoms with Crippen LogP contribution in [0.15, 0.2) is 36.4 Å². The zero-order valence-electron chi connectivity index (χ0n) is 15.3. The monoisotopic (exact) mass is 367 g/mol. The Hall–Kier alpha value is -3.22. The van der Waals surface area contributed by atoms with Crippen molar-refractivity contribution in [2.45, 2.75) is 32.7 Å². The van der Waals surface area contributed by atoms with E-state index >= 15 is 0 Å². The molecule has 140 valence electrons. The number of fused-ring (bicyclic) bond motifs is 2. The Balaban J connectivity index is 2.04. The molecule has 3 rings (SSSR count). The quantitative estimate of drug-likeness (QED) is 0.499. The van der Waals surface area contributed by atoms with E-state index in [-0.39, 0.29) is 18.1 Å². The van der Waals surface area contributed by atoms with Crippen LogP contribution in [-0.2, 0) is 19.4 Å². The summed E-state index contributed by atoms with van der Waals surface area (Å²) in [6.07, 6.45) is 5.76. The summed E-state index contributed by atoms with van der Waals surface area (Å²) in [5, 5.41) is 14.2. The number of pyridine rings is 1. The Morgan fingerprint density at radius 2 is 2.07 bits per heavy atom. The van der Waals surface area contributed by atoms with Crippen LogP contribution < -0.4 is 10.1 Å². The standard InChI is InChI=1S/C20H21N3O4/c1-13-11-14-7-4-3-5-8-15-16(9-6-10-18(15)23(25)26)19(24)21-12-17(14)20(22-13)27-2/h3,5-6,9-11H,4,7-8,12H2,1-2H3,(H,21,24)/b5-3-. The number of hydrogen-bond donors (Lipinski definition) is 1. The van der Waals surface area contributed by atoms with E-state index in [1.165, 1.54) is 12.1 Å². The van der Waals surface area contributed by atoms with Crippen molar-refractivity contribution in [3.63, 3.8) is 0 Å². The van der Waals surface area contributed by atoms with Crippen molar-refractivity contribution in [3.8, 4) is 5.88 Å². The minimum Gasteiger partial charge on any atom is -0.481 e. The number of carbonyl (C=O) groups excluding carboxylic acids is 1. The number of rotatable bonds is 2. The predicted molar refractivity (Wildman–Crippen MR) is 101 cm³/mol. The van der Waals surface area contributed by atoms with Gasteiger partial charge in [-0.3, -0.25) is 14.9 Å². The smallest absolute Gasteiger partial charge is 0.273 e. The Bertz CT molecular complexity index is 922. The topological polar surface area (TPSA) is 94.4 Å². The number of methoxy groups -OCH3 is 1. The minimum atomic E-state index is -0.448. The van der Waals surface area contributed by atoms with E-state index in [0.29, 0.717) is 23.4 Å². The zero-order valence-corrected chi connectivity index (χ0v) is 15.3. The SMILES string of the molecule is COc1nc(C)cc2c1CNC(=O)c1cccc([N+](=O)[O-])c1C/C=C\CC2. The highest BCUT2D eigenvalue weighted by Crippen LogP contribution is 2.26. The van der Waals surface area contributed by atoms with Crippen LogP contribution in [0.1, 0.15) is 39.2 Å². The van der Waals surface area contributed by atoms with E-state index in [0.717, 1.165) is 29.7 Å². The molecule has 0 saturated carbocycles. The van der Waals surface area contributed by atoms with Crippen molar-refractivity contribution < 1.29 is 14.5 Å². The predicted octanol–water partition coefficient (Wildman–Crippen LogP) is 3.28. The lowest BCUT2D eigenvalue weighted by Crippen LogP contribution is -2.25. The normalized spacial score (nSPS) is 15.4. The number of aromatic nitrogens is 1. The first-order chi connectivity index (χ1) is 13.0. The van der Waals surface area contributed by atoms with Crippen molar-refractivity contribution in [2.75, 3.05) is 7.11 Å². The lowest BCUT2D eigenvalue weighted by Gasteiger charge is -2.16. The van der Waals surface area contributed by atoms with Crippen molar-refractivity contribution >= 4 is 11.6 Å².